The van der Waals surface area contributed by atoms with Crippen LogP contribution in [0.5, 0.6) is 0 Å². The maximum atomic E-state index is 13.5. The Morgan fingerprint density at radius 2 is 1.89 bits per heavy atom. The highest BCUT2D eigenvalue weighted by Crippen LogP contribution is 2.23. The monoisotopic (exact) mass is 352 g/mol. The minimum Gasteiger partial charge on any atom is -0.344 e. The predicted octanol–water partition coefficient (Wildman–Crippen LogP) is 2.10. The molecule has 4 nitrogen and oxygen atoms in total. The van der Waals surface area contributed by atoms with Crippen LogP contribution >= 0.6 is 28.6 Å². The molecule has 0 spiro atoms. The number of rotatable bonds is 4. The zero-order valence-corrected chi connectivity index (χ0v) is 12.3. The van der Waals surface area contributed by atoms with Gasteiger partial charge in [-0.15, -0.1) is 0 Å². The number of benzene rings is 1. The van der Waals surface area contributed by atoms with Gasteiger partial charge >= 0.3 is 0 Å². The molecule has 0 bridgehead atoms. The summed E-state index contributed by atoms with van der Waals surface area (Å²) in [6, 6.07) is 1.07. The zero-order chi connectivity index (χ0) is 14.6. The average Bonchev–Trinajstić information content (AvgIpc) is 2.30. The van der Waals surface area contributed by atoms with Crippen molar-refractivity contribution in [3.8, 4) is 0 Å². The molecule has 0 saturated heterocycles. The van der Waals surface area contributed by atoms with E-state index < -0.39 is 35.2 Å². The first-order chi connectivity index (χ1) is 8.85. The second-order valence-corrected chi connectivity index (χ2v) is 4.95. The van der Waals surface area contributed by atoms with Gasteiger partial charge in [-0.05, 0) is 12.1 Å². The third-order valence-corrected chi connectivity index (χ3v) is 2.95. The van der Waals surface area contributed by atoms with Crippen molar-refractivity contribution < 1.29 is 18.4 Å². The van der Waals surface area contributed by atoms with E-state index in [2.05, 4.69) is 39.2 Å². The van der Waals surface area contributed by atoms with Crippen LogP contribution in [0.1, 0.15) is 6.92 Å². The topological polar surface area (TPSA) is 58.2 Å². The molecule has 0 saturated carbocycles. The Labute approximate surface area is 122 Å². The van der Waals surface area contributed by atoms with Crippen LogP contribution in [-0.2, 0) is 9.59 Å². The van der Waals surface area contributed by atoms with Crippen molar-refractivity contribution in [1.82, 2.24) is 5.32 Å². The van der Waals surface area contributed by atoms with Gasteiger partial charge in [-0.1, -0.05) is 15.9 Å². The highest BCUT2D eigenvalue weighted by Gasteiger charge is 2.21. The summed E-state index contributed by atoms with van der Waals surface area (Å²) < 4.78 is 27.2. The van der Waals surface area contributed by atoms with Crippen LogP contribution in [0.2, 0.25) is 0 Å². The molecule has 0 fully saturated rings. The summed E-state index contributed by atoms with van der Waals surface area (Å²) in [6.07, 6.45) is 0. The van der Waals surface area contributed by atoms with Gasteiger partial charge in [0.05, 0.1) is 0 Å². The molecule has 8 heteroatoms. The first kappa shape index (κ1) is 15.9. The van der Waals surface area contributed by atoms with E-state index in [0.29, 0.717) is 0 Å². The predicted molar refractivity (Wildman–Crippen MR) is 74.1 cm³/mol. The molecule has 19 heavy (non-hydrogen) atoms. The normalized spacial score (nSPS) is 11.8. The lowest BCUT2D eigenvalue weighted by atomic mass is 10.2. The van der Waals surface area contributed by atoms with Gasteiger partial charge in [0.15, 0.2) is 11.6 Å². The summed E-state index contributed by atoms with van der Waals surface area (Å²) in [5.41, 5.74) is -0.565. The second kappa shape index (κ2) is 6.85. The molecular formula is C11H11BrF2N2O2S. The Morgan fingerprint density at radius 3 is 2.32 bits per heavy atom. The summed E-state index contributed by atoms with van der Waals surface area (Å²) in [7, 11) is 0. The summed E-state index contributed by atoms with van der Waals surface area (Å²) >= 11 is 6.82. The quantitative estimate of drug-likeness (QED) is 0.727. The number of halogens is 3. The van der Waals surface area contributed by atoms with Gasteiger partial charge in [-0.25, -0.2) is 8.78 Å². The van der Waals surface area contributed by atoms with Gasteiger partial charge < -0.3 is 10.6 Å². The SMILES string of the molecule is CC(=O)NC(CS)C(=O)Nc1c(F)cc(Br)cc1F. The van der Waals surface area contributed by atoms with E-state index in [-0.39, 0.29) is 10.2 Å². The Hall–Kier alpha value is -1.15. The fourth-order valence-corrected chi connectivity index (χ4v) is 1.97. The molecule has 1 rings (SSSR count). The van der Waals surface area contributed by atoms with Crippen molar-refractivity contribution in [2.24, 2.45) is 0 Å². The molecular weight excluding hydrogens is 342 g/mol. The van der Waals surface area contributed by atoms with E-state index in [4.69, 9.17) is 0 Å². The van der Waals surface area contributed by atoms with E-state index in [9.17, 15) is 18.4 Å². The molecule has 104 valence electrons. The fourth-order valence-electron chi connectivity index (χ4n) is 1.31. The molecule has 1 unspecified atom stereocenters. The first-order valence-electron chi connectivity index (χ1n) is 5.18. The Kier molecular flexibility index (Phi) is 5.74. The van der Waals surface area contributed by atoms with E-state index in [1.807, 2.05) is 0 Å². The van der Waals surface area contributed by atoms with Crippen molar-refractivity contribution >= 4 is 46.1 Å². The van der Waals surface area contributed by atoms with Crippen LogP contribution in [0.3, 0.4) is 0 Å². The molecule has 0 aliphatic heterocycles. The van der Waals surface area contributed by atoms with Crippen LogP contribution in [0.4, 0.5) is 14.5 Å². The van der Waals surface area contributed by atoms with E-state index in [0.717, 1.165) is 12.1 Å². The fraction of sp³-hybridized carbons (Fsp3) is 0.273. The van der Waals surface area contributed by atoms with Crippen LogP contribution < -0.4 is 10.6 Å². The smallest absolute Gasteiger partial charge is 0.247 e. The maximum absolute atomic E-state index is 13.5. The number of hydrogen-bond acceptors (Lipinski definition) is 3. The summed E-state index contributed by atoms with van der Waals surface area (Å²) in [4.78, 5) is 22.6. The number of carbonyl (C=O) groups is 2. The highest BCUT2D eigenvalue weighted by atomic mass is 79.9. The van der Waals surface area contributed by atoms with Gasteiger partial charge in [0, 0.05) is 17.1 Å². The molecule has 2 N–H and O–H groups in total. The molecule has 0 aliphatic rings. The standard InChI is InChI=1S/C11H11BrF2N2O2S/c1-5(17)15-9(4-19)11(18)16-10-7(13)2-6(12)3-8(10)14/h2-3,9,19H,4H2,1H3,(H,15,17)(H,16,18). The lowest BCUT2D eigenvalue weighted by molar-refractivity contribution is -0.124. The molecule has 2 amide bonds. The number of nitrogens with one attached hydrogen (secondary N) is 2. The largest absolute Gasteiger partial charge is 0.344 e. The van der Waals surface area contributed by atoms with Crippen molar-refractivity contribution in [2.45, 2.75) is 13.0 Å². The van der Waals surface area contributed by atoms with E-state index in [1.54, 1.807) is 0 Å². The van der Waals surface area contributed by atoms with Crippen LogP contribution in [0.25, 0.3) is 0 Å². The van der Waals surface area contributed by atoms with Crippen molar-refractivity contribution in [1.29, 1.82) is 0 Å². The third kappa shape index (κ3) is 4.46. The lowest BCUT2D eigenvalue weighted by Crippen LogP contribution is -2.44. The molecule has 0 aliphatic carbocycles. The van der Waals surface area contributed by atoms with Gasteiger partial charge in [0.1, 0.15) is 11.7 Å². The van der Waals surface area contributed by atoms with Crippen molar-refractivity contribution in [2.75, 3.05) is 11.1 Å². The molecule has 1 aromatic carbocycles. The van der Waals surface area contributed by atoms with Gasteiger partial charge in [0.25, 0.3) is 0 Å². The average molecular weight is 353 g/mol. The van der Waals surface area contributed by atoms with Gasteiger partial charge in [0.2, 0.25) is 11.8 Å². The Balaban J connectivity index is 2.90. The number of carbonyl (C=O) groups excluding carboxylic acids is 2. The second-order valence-electron chi connectivity index (χ2n) is 3.67. The Bertz CT molecular complexity index is 490. The number of hydrogen-bond donors (Lipinski definition) is 3. The number of anilines is 1. The van der Waals surface area contributed by atoms with E-state index >= 15 is 0 Å². The molecule has 1 atom stereocenters. The molecule has 0 heterocycles. The maximum Gasteiger partial charge on any atom is 0.247 e. The summed E-state index contributed by atoms with van der Waals surface area (Å²) in [6.45, 7) is 1.23. The minimum atomic E-state index is -0.969. The Morgan fingerprint density at radius 1 is 1.37 bits per heavy atom. The first-order valence-corrected chi connectivity index (χ1v) is 6.61. The lowest BCUT2D eigenvalue weighted by Gasteiger charge is -2.16. The summed E-state index contributed by atoms with van der Waals surface area (Å²) in [5.74, 6) is -3.01. The van der Waals surface area contributed by atoms with Crippen LogP contribution in [0, 0.1) is 11.6 Å². The van der Waals surface area contributed by atoms with Gasteiger partial charge in [-0.3, -0.25) is 9.59 Å². The zero-order valence-electron chi connectivity index (χ0n) is 9.84. The van der Waals surface area contributed by atoms with Crippen molar-refractivity contribution in [3.63, 3.8) is 0 Å². The number of amides is 2. The van der Waals surface area contributed by atoms with Crippen LogP contribution in [0.15, 0.2) is 16.6 Å². The summed E-state index contributed by atoms with van der Waals surface area (Å²) in [5, 5.41) is 4.41. The highest BCUT2D eigenvalue weighted by molar-refractivity contribution is 9.10. The minimum absolute atomic E-state index is 0.00514. The van der Waals surface area contributed by atoms with Gasteiger partial charge in [-0.2, -0.15) is 12.6 Å². The third-order valence-electron chi connectivity index (χ3n) is 2.13. The van der Waals surface area contributed by atoms with Crippen LogP contribution in [-0.4, -0.2) is 23.6 Å². The molecule has 1 aromatic rings. The van der Waals surface area contributed by atoms with E-state index in [1.165, 1.54) is 6.92 Å². The molecule has 0 aromatic heterocycles. The van der Waals surface area contributed by atoms with Crippen molar-refractivity contribution in [3.05, 3.63) is 28.2 Å². The number of thiol groups is 1. The molecule has 0 radical (unpaired) electrons.